The van der Waals surface area contributed by atoms with Gasteiger partial charge in [-0.05, 0) is 31.2 Å². The highest BCUT2D eigenvalue weighted by Crippen LogP contribution is 2.13. The van der Waals surface area contributed by atoms with Crippen molar-refractivity contribution in [3.05, 3.63) is 29.8 Å². The van der Waals surface area contributed by atoms with Gasteiger partial charge in [-0.3, -0.25) is 0 Å². The van der Waals surface area contributed by atoms with Crippen molar-refractivity contribution in [1.82, 2.24) is 4.90 Å². The minimum Gasteiger partial charge on any atom is -0.305 e. The van der Waals surface area contributed by atoms with Crippen LogP contribution in [0.2, 0.25) is 0 Å². The molecule has 1 atom stereocenters. The van der Waals surface area contributed by atoms with E-state index in [1.165, 1.54) is 6.07 Å². The van der Waals surface area contributed by atoms with Crippen molar-refractivity contribution in [2.24, 2.45) is 5.92 Å². The molecule has 20 heavy (non-hydrogen) atoms. The lowest BCUT2D eigenvalue weighted by molar-refractivity contribution is 0.296. The summed E-state index contributed by atoms with van der Waals surface area (Å²) < 4.78 is 24.4. The molecule has 4 nitrogen and oxygen atoms in total. The summed E-state index contributed by atoms with van der Waals surface area (Å²) in [6.07, 6.45) is 1.08. The monoisotopic (exact) mass is 294 g/mol. The first-order valence-corrected chi connectivity index (χ1v) is 8.45. The highest BCUT2D eigenvalue weighted by atomic mass is 32.2. The summed E-state index contributed by atoms with van der Waals surface area (Å²) in [5.41, 5.74) is 0.374. The number of nitrogens with zero attached hydrogens (tertiary/aromatic N) is 2. The molecular formula is C15H22N2O2S. The molecule has 0 spiro atoms. The van der Waals surface area contributed by atoms with E-state index in [9.17, 15) is 8.42 Å². The summed E-state index contributed by atoms with van der Waals surface area (Å²) in [6, 6.07) is 8.15. The molecular weight excluding hydrogens is 272 g/mol. The van der Waals surface area contributed by atoms with Crippen molar-refractivity contribution in [2.75, 3.05) is 25.9 Å². The summed E-state index contributed by atoms with van der Waals surface area (Å²) in [7, 11) is -1.39. The number of hydrogen-bond acceptors (Lipinski definition) is 4. The Kier molecular flexibility index (Phi) is 6.18. The van der Waals surface area contributed by atoms with Gasteiger partial charge in [0.15, 0.2) is 9.84 Å². The van der Waals surface area contributed by atoms with Gasteiger partial charge < -0.3 is 4.90 Å². The second-order valence-corrected chi connectivity index (χ2v) is 7.34. The average Bonchev–Trinajstić information content (AvgIpc) is 2.45. The first-order valence-electron chi connectivity index (χ1n) is 6.80. The summed E-state index contributed by atoms with van der Waals surface area (Å²) >= 11 is 0. The van der Waals surface area contributed by atoms with Gasteiger partial charge in [0.1, 0.15) is 0 Å². The average molecular weight is 294 g/mol. The van der Waals surface area contributed by atoms with Crippen LogP contribution in [0.3, 0.4) is 0 Å². The smallest absolute Gasteiger partial charge is 0.179 e. The van der Waals surface area contributed by atoms with Crippen molar-refractivity contribution in [2.45, 2.75) is 25.2 Å². The third-order valence-corrected chi connectivity index (χ3v) is 5.08. The SMILES string of the molecule is CCC(C)CN(C)CCS(=O)(=O)c1cccc(C#N)c1. The Labute approximate surface area is 121 Å². The third-order valence-electron chi connectivity index (χ3n) is 3.38. The largest absolute Gasteiger partial charge is 0.305 e. The van der Waals surface area contributed by atoms with Crippen LogP contribution in [0.25, 0.3) is 0 Å². The molecule has 0 bridgehead atoms. The number of sulfone groups is 1. The molecule has 0 aromatic heterocycles. The van der Waals surface area contributed by atoms with E-state index >= 15 is 0 Å². The van der Waals surface area contributed by atoms with Crippen LogP contribution in [0.4, 0.5) is 0 Å². The summed E-state index contributed by atoms with van der Waals surface area (Å²) in [5, 5.41) is 8.82. The fourth-order valence-corrected chi connectivity index (χ4v) is 3.29. The molecule has 1 aromatic rings. The Morgan fingerprint density at radius 3 is 2.70 bits per heavy atom. The normalized spacial score (nSPS) is 13.2. The lowest BCUT2D eigenvalue weighted by atomic mass is 10.1. The van der Waals surface area contributed by atoms with Crippen LogP contribution < -0.4 is 0 Å². The summed E-state index contributed by atoms with van der Waals surface area (Å²) in [4.78, 5) is 2.27. The number of rotatable bonds is 7. The van der Waals surface area contributed by atoms with Crippen LogP contribution in [0.5, 0.6) is 0 Å². The molecule has 0 fully saturated rings. The van der Waals surface area contributed by atoms with Crippen LogP contribution in [-0.4, -0.2) is 39.2 Å². The van der Waals surface area contributed by atoms with E-state index in [1.54, 1.807) is 18.2 Å². The van der Waals surface area contributed by atoms with E-state index in [4.69, 9.17) is 5.26 Å². The number of hydrogen-bond donors (Lipinski definition) is 0. The van der Waals surface area contributed by atoms with Gasteiger partial charge in [0, 0.05) is 13.1 Å². The zero-order valence-electron chi connectivity index (χ0n) is 12.3. The highest BCUT2D eigenvalue weighted by Gasteiger charge is 2.16. The summed E-state index contributed by atoms with van der Waals surface area (Å²) in [5.74, 6) is 0.638. The van der Waals surface area contributed by atoms with Crippen LogP contribution in [0.15, 0.2) is 29.2 Å². The molecule has 0 aliphatic heterocycles. The molecule has 1 rings (SSSR count). The molecule has 0 heterocycles. The van der Waals surface area contributed by atoms with Gasteiger partial charge in [-0.25, -0.2) is 8.42 Å². The quantitative estimate of drug-likeness (QED) is 0.774. The van der Waals surface area contributed by atoms with Crippen molar-refractivity contribution in [3.8, 4) is 6.07 Å². The molecule has 0 saturated heterocycles. The van der Waals surface area contributed by atoms with Crippen LogP contribution in [-0.2, 0) is 9.84 Å². The van der Waals surface area contributed by atoms with Gasteiger partial charge in [0.25, 0.3) is 0 Å². The maximum Gasteiger partial charge on any atom is 0.179 e. The predicted octanol–water partition coefficient (Wildman–Crippen LogP) is 2.31. The molecule has 0 radical (unpaired) electrons. The lowest BCUT2D eigenvalue weighted by Crippen LogP contribution is -2.29. The highest BCUT2D eigenvalue weighted by molar-refractivity contribution is 7.91. The molecule has 1 unspecified atom stereocenters. The molecule has 110 valence electrons. The molecule has 0 aliphatic rings. The number of nitriles is 1. The zero-order valence-corrected chi connectivity index (χ0v) is 13.2. The van der Waals surface area contributed by atoms with E-state index in [0.717, 1.165) is 13.0 Å². The second kappa shape index (κ2) is 7.41. The Balaban J connectivity index is 2.68. The lowest BCUT2D eigenvalue weighted by Gasteiger charge is -2.20. The molecule has 0 aliphatic carbocycles. The van der Waals surface area contributed by atoms with E-state index in [1.807, 2.05) is 18.0 Å². The topological polar surface area (TPSA) is 61.2 Å². The van der Waals surface area contributed by atoms with E-state index in [2.05, 4.69) is 13.8 Å². The molecule has 0 N–H and O–H groups in total. The van der Waals surface area contributed by atoms with Gasteiger partial charge in [-0.2, -0.15) is 5.26 Å². The van der Waals surface area contributed by atoms with E-state index < -0.39 is 9.84 Å². The van der Waals surface area contributed by atoms with Crippen LogP contribution >= 0.6 is 0 Å². The molecule has 1 aromatic carbocycles. The Morgan fingerprint density at radius 1 is 1.40 bits per heavy atom. The maximum atomic E-state index is 12.2. The fourth-order valence-electron chi connectivity index (χ4n) is 1.91. The van der Waals surface area contributed by atoms with Crippen molar-refractivity contribution >= 4 is 9.84 Å². The minimum atomic E-state index is -3.32. The third kappa shape index (κ3) is 4.95. The summed E-state index contributed by atoms with van der Waals surface area (Å²) in [6.45, 7) is 5.68. The molecule has 5 heteroatoms. The van der Waals surface area contributed by atoms with Gasteiger partial charge in [-0.15, -0.1) is 0 Å². The maximum absolute atomic E-state index is 12.2. The Morgan fingerprint density at radius 2 is 2.10 bits per heavy atom. The zero-order chi connectivity index (χ0) is 15.2. The van der Waals surface area contributed by atoms with Crippen molar-refractivity contribution in [3.63, 3.8) is 0 Å². The van der Waals surface area contributed by atoms with Crippen molar-refractivity contribution in [1.29, 1.82) is 5.26 Å². The number of benzene rings is 1. The first-order chi connectivity index (χ1) is 9.39. The predicted molar refractivity (Wildman–Crippen MR) is 80.2 cm³/mol. The first kappa shape index (κ1) is 16.7. The van der Waals surface area contributed by atoms with E-state index in [0.29, 0.717) is 18.0 Å². The van der Waals surface area contributed by atoms with E-state index in [-0.39, 0.29) is 10.6 Å². The van der Waals surface area contributed by atoms with Crippen LogP contribution in [0.1, 0.15) is 25.8 Å². The van der Waals surface area contributed by atoms with Gasteiger partial charge in [0.05, 0.1) is 22.3 Å². The van der Waals surface area contributed by atoms with Gasteiger partial charge in [-0.1, -0.05) is 26.3 Å². The molecule has 0 saturated carbocycles. The fraction of sp³-hybridized carbons (Fsp3) is 0.533. The van der Waals surface area contributed by atoms with Crippen molar-refractivity contribution < 1.29 is 8.42 Å². The Bertz CT molecular complexity index is 576. The second-order valence-electron chi connectivity index (χ2n) is 5.23. The minimum absolute atomic E-state index is 0.0782. The van der Waals surface area contributed by atoms with Crippen LogP contribution in [0, 0.1) is 17.2 Å². The molecule has 0 amide bonds. The van der Waals surface area contributed by atoms with Gasteiger partial charge >= 0.3 is 0 Å². The Hall–Kier alpha value is -1.38. The van der Waals surface area contributed by atoms with Gasteiger partial charge in [0.2, 0.25) is 0 Å². The standard InChI is InChI=1S/C15H22N2O2S/c1-4-13(2)12-17(3)8-9-20(18,19)15-7-5-6-14(10-15)11-16/h5-7,10,13H,4,8-9,12H2,1-3H3.